The number of rotatable bonds is 2. The van der Waals surface area contributed by atoms with Crippen molar-refractivity contribution in [1.29, 1.82) is 0 Å². The molecule has 1 aliphatic rings. The summed E-state index contributed by atoms with van der Waals surface area (Å²) >= 11 is 0. The lowest BCUT2D eigenvalue weighted by Crippen LogP contribution is -2.37. The Kier molecular flexibility index (Phi) is 4.99. The van der Waals surface area contributed by atoms with Gasteiger partial charge in [0.15, 0.2) is 0 Å². The highest BCUT2D eigenvalue weighted by atomic mass is 35.5. The maximum absolute atomic E-state index is 5.19. The normalized spacial score (nSPS) is 31.8. The van der Waals surface area contributed by atoms with Crippen molar-refractivity contribution in [1.82, 2.24) is 10.6 Å². The zero-order valence-corrected chi connectivity index (χ0v) is 7.20. The molecule has 1 rings (SSSR count). The van der Waals surface area contributed by atoms with Crippen LogP contribution in [0.3, 0.4) is 0 Å². The Morgan fingerprint density at radius 3 is 2.60 bits per heavy atom. The summed E-state index contributed by atoms with van der Waals surface area (Å²) in [5.41, 5.74) is 0. The monoisotopic (exact) mass is 166 g/mol. The molecule has 1 fully saturated rings. The maximum atomic E-state index is 5.19. The minimum Gasteiger partial charge on any atom is -0.378 e. The lowest BCUT2D eigenvalue weighted by molar-refractivity contribution is 0.0987. The van der Waals surface area contributed by atoms with Gasteiger partial charge in [-0.05, 0) is 7.05 Å². The van der Waals surface area contributed by atoms with E-state index in [-0.39, 0.29) is 12.4 Å². The van der Waals surface area contributed by atoms with Gasteiger partial charge in [0.05, 0.1) is 6.10 Å². The van der Waals surface area contributed by atoms with Gasteiger partial charge in [-0.3, -0.25) is 0 Å². The molecule has 1 aliphatic heterocycles. The molecule has 3 nitrogen and oxygen atoms in total. The first kappa shape index (κ1) is 10.2. The Bertz CT molecular complexity index is 81.8. The number of likely N-dealkylation sites (N-methyl/N-ethyl adjacent to an activating group) is 1. The number of ether oxygens (including phenoxy) is 1. The maximum Gasteiger partial charge on any atom is 0.0860 e. The van der Waals surface area contributed by atoms with Crippen LogP contribution in [0.2, 0.25) is 0 Å². The van der Waals surface area contributed by atoms with Gasteiger partial charge in [-0.15, -0.1) is 12.4 Å². The SMILES string of the molecule is CNC1CNCC1OC.Cl. The molecule has 0 aromatic carbocycles. The van der Waals surface area contributed by atoms with E-state index in [1.54, 1.807) is 7.11 Å². The highest BCUT2D eigenvalue weighted by Crippen LogP contribution is 2.01. The third-order valence-corrected chi connectivity index (χ3v) is 1.83. The number of nitrogens with one attached hydrogen (secondary N) is 2. The van der Waals surface area contributed by atoms with E-state index in [0.717, 1.165) is 13.1 Å². The van der Waals surface area contributed by atoms with Crippen molar-refractivity contribution in [2.75, 3.05) is 27.2 Å². The van der Waals surface area contributed by atoms with Crippen LogP contribution in [0, 0.1) is 0 Å². The molecule has 0 radical (unpaired) electrons. The van der Waals surface area contributed by atoms with Crippen molar-refractivity contribution in [2.24, 2.45) is 0 Å². The van der Waals surface area contributed by atoms with Gasteiger partial charge >= 0.3 is 0 Å². The van der Waals surface area contributed by atoms with E-state index in [1.165, 1.54) is 0 Å². The number of methoxy groups -OCH3 is 1. The minimum atomic E-state index is 0. The van der Waals surface area contributed by atoms with Crippen molar-refractivity contribution in [3.05, 3.63) is 0 Å². The zero-order chi connectivity index (χ0) is 6.69. The molecule has 0 aromatic rings. The van der Waals surface area contributed by atoms with E-state index in [9.17, 15) is 0 Å². The van der Waals surface area contributed by atoms with Crippen molar-refractivity contribution in [3.63, 3.8) is 0 Å². The predicted molar refractivity (Wildman–Crippen MR) is 43.8 cm³/mol. The fourth-order valence-electron chi connectivity index (χ4n) is 1.19. The average Bonchev–Trinajstić information content (AvgIpc) is 2.33. The van der Waals surface area contributed by atoms with E-state index in [4.69, 9.17) is 4.74 Å². The van der Waals surface area contributed by atoms with Gasteiger partial charge in [0.1, 0.15) is 0 Å². The van der Waals surface area contributed by atoms with Crippen LogP contribution in [0.15, 0.2) is 0 Å². The van der Waals surface area contributed by atoms with Gasteiger partial charge in [0.25, 0.3) is 0 Å². The highest BCUT2D eigenvalue weighted by molar-refractivity contribution is 5.85. The van der Waals surface area contributed by atoms with Crippen LogP contribution < -0.4 is 10.6 Å². The minimum absolute atomic E-state index is 0. The predicted octanol–water partition coefficient (Wildman–Crippen LogP) is -0.386. The molecule has 0 amide bonds. The Hall–Kier alpha value is 0.170. The summed E-state index contributed by atoms with van der Waals surface area (Å²) in [5, 5.41) is 6.41. The van der Waals surface area contributed by atoms with Crippen LogP contribution >= 0.6 is 12.4 Å². The molecule has 2 N–H and O–H groups in total. The van der Waals surface area contributed by atoms with Crippen LogP contribution in [0.25, 0.3) is 0 Å². The number of halogens is 1. The van der Waals surface area contributed by atoms with E-state index in [1.807, 2.05) is 7.05 Å². The van der Waals surface area contributed by atoms with E-state index in [0.29, 0.717) is 12.1 Å². The van der Waals surface area contributed by atoms with Gasteiger partial charge in [-0.25, -0.2) is 0 Å². The summed E-state index contributed by atoms with van der Waals surface area (Å²) in [5.74, 6) is 0. The van der Waals surface area contributed by atoms with Gasteiger partial charge < -0.3 is 15.4 Å². The molecule has 0 aromatic heterocycles. The second-order valence-corrected chi connectivity index (χ2v) is 2.33. The summed E-state index contributed by atoms with van der Waals surface area (Å²) in [6.07, 6.45) is 0.356. The highest BCUT2D eigenvalue weighted by Gasteiger charge is 2.24. The average molecular weight is 167 g/mol. The second kappa shape index (κ2) is 4.91. The molecule has 0 aliphatic carbocycles. The molecule has 2 atom stereocenters. The lowest BCUT2D eigenvalue weighted by atomic mass is 10.2. The molecule has 1 heterocycles. The van der Waals surface area contributed by atoms with Crippen molar-refractivity contribution < 1.29 is 4.74 Å². The fourth-order valence-corrected chi connectivity index (χ4v) is 1.19. The first-order valence-electron chi connectivity index (χ1n) is 3.29. The summed E-state index contributed by atoms with van der Waals surface area (Å²) < 4.78 is 5.19. The number of hydrogen-bond acceptors (Lipinski definition) is 3. The van der Waals surface area contributed by atoms with Crippen molar-refractivity contribution in [2.45, 2.75) is 12.1 Å². The topological polar surface area (TPSA) is 33.3 Å². The number of hydrogen-bond donors (Lipinski definition) is 2. The molecule has 1 saturated heterocycles. The smallest absolute Gasteiger partial charge is 0.0860 e. The Morgan fingerprint density at radius 2 is 2.20 bits per heavy atom. The summed E-state index contributed by atoms with van der Waals surface area (Å²) in [7, 11) is 3.71. The fraction of sp³-hybridized carbons (Fsp3) is 1.00. The summed E-state index contributed by atoms with van der Waals surface area (Å²) in [6, 6.07) is 0.495. The summed E-state index contributed by atoms with van der Waals surface area (Å²) in [6.45, 7) is 2.00. The Labute approximate surface area is 67.9 Å². The van der Waals surface area contributed by atoms with Crippen LogP contribution in [0.4, 0.5) is 0 Å². The van der Waals surface area contributed by atoms with Crippen LogP contribution in [-0.4, -0.2) is 39.4 Å². The van der Waals surface area contributed by atoms with Gasteiger partial charge in [0.2, 0.25) is 0 Å². The molecule has 0 saturated carbocycles. The lowest BCUT2D eigenvalue weighted by Gasteiger charge is -2.14. The molecule has 10 heavy (non-hydrogen) atoms. The molecule has 2 unspecified atom stereocenters. The van der Waals surface area contributed by atoms with Gasteiger partial charge in [0, 0.05) is 26.2 Å². The van der Waals surface area contributed by atoms with E-state index in [2.05, 4.69) is 10.6 Å². The molecular formula is C6H15ClN2O. The molecule has 0 spiro atoms. The van der Waals surface area contributed by atoms with Gasteiger partial charge in [-0.1, -0.05) is 0 Å². The second-order valence-electron chi connectivity index (χ2n) is 2.33. The quantitative estimate of drug-likeness (QED) is 0.587. The zero-order valence-electron chi connectivity index (χ0n) is 6.39. The van der Waals surface area contributed by atoms with Crippen LogP contribution in [0.1, 0.15) is 0 Å². The third-order valence-electron chi connectivity index (χ3n) is 1.83. The van der Waals surface area contributed by atoms with Gasteiger partial charge in [-0.2, -0.15) is 0 Å². The van der Waals surface area contributed by atoms with Crippen molar-refractivity contribution in [3.8, 4) is 0 Å². The standard InChI is InChI=1S/C6H14N2O.ClH/c1-7-5-3-8-4-6(5)9-2;/h5-8H,3-4H2,1-2H3;1H. The first-order chi connectivity index (χ1) is 4.38. The Morgan fingerprint density at radius 1 is 1.50 bits per heavy atom. The third kappa shape index (κ3) is 2.09. The molecule has 0 bridgehead atoms. The Balaban J connectivity index is 0.000000810. The largest absolute Gasteiger partial charge is 0.378 e. The van der Waals surface area contributed by atoms with E-state index >= 15 is 0 Å². The first-order valence-corrected chi connectivity index (χ1v) is 3.29. The van der Waals surface area contributed by atoms with Crippen LogP contribution in [-0.2, 0) is 4.74 Å². The summed E-state index contributed by atoms with van der Waals surface area (Å²) in [4.78, 5) is 0. The van der Waals surface area contributed by atoms with Crippen LogP contribution in [0.5, 0.6) is 0 Å². The van der Waals surface area contributed by atoms with Crippen molar-refractivity contribution >= 4 is 12.4 Å². The molecule has 4 heteroatoms. The molecule has 62 valence electrons. The molecular weight excluding hydrogens is 152 g/mol. The van der Waals surface area contributed by atoms with E-state index < -0.39 is 0 Å².